The van der Waals surface area contributed by atoms with Crippen molar-refractivity contribution in [3.05, 3.63) is 83.1 Å². The average Bonchev–Trinajstić information content (AvgIpc) is 2.77. The van der Waals surface area contributed by atoms with Crippen LogP contribution in [0.1, 0.15) is 20.7 Å². The predicted octanol–water partition coefficient (Wildman–Crippen LogP) is 4.28. The number of nitrogens with one attached hydrogen (secondary N) is 1. The molecule has 25 heavy (non-hydrogen) atoms. The monoisotopic (exact) mass is 349 g/mol. The molecule has 5 nitrogen and oxygen atoms in total. The highest BCUT2D eigenvalue weighted by atomic mass is 35.5. The van der Waals surface area contributed by atoms with E-state index >= 15 is 0 Å². The third-order valence-corrected chi connectivity index (χ3v) is 4.28. The van der Waals surface area contributed by atoms with Crippen molar-refractivity contribution in [1.82, 2.24) is 4.98 Å². The summed E-state index contributed by atoms with van der Waals surface area (Å²) < 4.78 is 0. The van der Waals surface area contributed by atoms with E-state index < -0.39 is 0 Å². The van der Waals surface area contributed by atoms with Crippen LogP contribution >= 0.6 is 11.6 Å². The van der Waals surface area contributed by atoms with E-state index in [1.54, 1.807) is 67.0 Å². The molecule has 0 aliphatic carbocycles. The lowest BCUT2D eigenvalue weighted by atomic mass is 10.1. The first-order chi connectivity index (χ1) is 12.2. The van der Waals surface area contributed by atoms with Gasteiger partial charge in [-0.15, -0.1) is 0 Å². The predicted molar refractivity (Wildman–Crippen MR) is 96.6 cm³/mol. The Morgan fingerprint density at radius 2 is 1.76 bits per heavy atom. The van der Waals surface area contributed by atoms with Gasteiger partial charge in [0.2, 0.25) is 0 Å². The molecule has 3 aromatic rings. The van der Waals surface area contributed by atoms with Crippen LogP contribution in [0.3, 0.4) is 0 Å². The molecule has 2 amide bonds. The second-order valence-electron chi connectivity index (χ2n) is 5.48. The van der Waals surface area contributed by atoms with Gasteiger partial charge in [0, 0.05) is 18.0 Å². The summed E-state index contributed by atoms with van der Waals surface area (Å²) in [5.41, 5.74) is 2.26. The molecule has 4 rings (SSSR count). The van der Waals surface area contributed by atoms with Gasteiger partial charge >= 0.3 is 0 Å². The highest BCUT2D eigenvalue weighted by Crippen LogP contribution is 2.42. The fraction of sp³-hybridized carbons (Fsp3) is 0. The van der Waals surface area contributed by atoms with Gasteiger partial charge < -0.3 is 5.32 Å². The number of anilines is 3. The maximum absolute atomic E-state index is 13.2. The number of benzene rings is 2. The number of pyridine rings is 1. The number of hydrogen-bond donors (Lipinski definition) is 1. The fourth-order valence-corrected chi connectivity index (χ4v) is 3.11. The minimum atomic E-state index is -0.291. The van der Waals surface area contributed by atoms with Crippen molar-refractivity contribution in [3.63, 3.8) is 0 Å². The molecule has 1 aromatic heterocycles. The molecule has 0 saturated heterocycles. The van der Waals surface area contributed by atoms with Crippen molar-refractivity contribution in [2.75, 3.05) is 10.2 Å². The van der Waals surface area contributed by atoms with Crippen molar-refractivity contribution >= 4 is 40.5 Å². The first-order valence-electron chi connectivity index (χ1n) is 7.60. The number of amides is 2. The van der Waals surface area contributed by atoms with E-state index in [9.17, 15) is 9.59 Å². The lowest BCUT2D eigenvalue weighted by Gasteiger charge is -2.25. The van der Waals surface area contributed by atoms with Crippen molar-refractivity contribution in [2.24, 2.45) is 0 Å². The second-order valence-corrected chi connectivity index (χ2v) is 5.89. The van der Waals surface area contributed by atoms with E-state index in [4.69, 9.17) is 11.6 Å². The Kier molecular flexibility index (Phi) is 3.71. The molecule has 2 heterocycles. The van der Waals surface area contributed by atoms with Gasteiger partial charge in [-0.25, -0.2) is 0 Å². The van der Waals surface area contributed by atoms with Crippen LogP contribution in [-0.2, 0) is 0 Å². The van der Waals surface area contributed by atoms with Crippen LogP contribution in [0, 0.1) is 0 Å². The Morgan fingerprint density at radius 1 is 1.00 bits per heavy atom. The molecule has 1 aliphatic heterocycles. The van der Waals surface area contributed by atoms with Crippen LogP contribution in [-0.4, -0.2) is 16.8 Å². The van der Waals surface area contributed by atoms with Crippen molar-refractivity contribution in [2.45, 2.75) is 0 Å². The topological polar surface area (TPSA) is 62.3 Å². The van der Waals surface area contributed by atoms with Gasteiger partial charge in [0.15, 0.2) is 0 Å². The molecule has 0 spiro atoms. The first-order valence-corrected chi connectivity index (χ1v) is 7.98. The molecule has 1 aliphatic rings. The van der Waals surface area contributed by atoms with Crippen LogP contribution in [0.25, 0.3) is 0 Å². The standard InChI is InChI=1S/C19H12ClN3O2/c20-14-5-3-6-15-17(14)23(19(25)12-8-10-21-11-9-12)16-7-2-1-4-13(16)18(24)22-15/h1-11H,(H,22,24). The molecule has 6 heteroatoms. The number of halogens is 1. The molecule has 0 unspecified atom stereocenters. The highest BCUT2D eigenvalue weighted by molar-refractivity contribution is 6.36. The lowest BCUT2D eigenvalue weighted by Crippen LogP contribution is -2.27. The molecule has 122 valence electrons. The molecule has 0 fully saturated rings. The van der Waals surface area contributed by atoms with Crippen molar-refractivity contribution in [1.29, 1.82) is 0 Å². The second kappa shape index (κ2) is 6.03. The van der Waals surface area contributed by atoms with Gasteiger partial charge in [-0.05, 0) is 36.4 Å². The average molecular weight is 350 g/mol. The molecule has 0 atom stereocenters. The normalized spacial score (nSPS) is 12.7. The lowest BCUT2D eigenvalue weighted by molar-refractivity contribution is 0.0999. The summed E-state index contributed by atoms with van der Waals surface area (Å²) in [6.45, 7) is 0. The molecule has 1 N–H and O–H groups in total. The molecular weight excluding hydrogens is 338 g/mol. The maximum Gasteiger partial charge on any atom is 0.263 e. The Bertz CT molecular complexity index is 989. The van der Waals surface area contributed by atoms with E-state index in [1.807, 2.05) is 0 Å². The van der Waals surface area contributed by atoms with Crippen LogP contribution in [0.4, 0.5) is 17.1 Å². The van der Waals surface area contributed by atoms with Gasteiger partial charge in [0.05, 0.1) is 27.6 Å². The largest absolute Gasteiger partial charge is 0.320 e. The van der Waals surface area contributed by atoms with Crippen LogP contribution in [0.2, 0.25) is 5.02 Å². The molecule has 2 aromatic carbocycles. The summed E-state index contributed by atoms with van der Waals surface area (Å²) in [4.78, 5) is 31.2. The number of fused-ring (bicyclic) bond motifs is 2. The SMILES string of the molecule is O=C1Nc2cccc(Cl)c2N(C(=O)c2ccncc2)c2ccccc21. The van der Waals surface area contributed by atoms with E-state index in [0.717, 1.165) is 0 Å². The van der Waals surface area contributed by atoms with E-state index in [-0.39, 0.29) is 11.8 Å². The highest BCUT2D eigenvalue weighted by Gasteiger charge is 2.31. The Labute approximate surface area is 148 Å². The van der Waals surface area contributed by atoms with E-state index in [1.165, 1.54) is 4.90 Å². The van der Waals surface area contributed by atoms with Gasteiger partial charge in [-0.3, -0.25) is 19.5 Å². The summed E-state index contributed by atoms with van der Waals surface area (Å²) in [5.74, 6) is -0.579. The summed E-state index contributed by atoms with van der Waals surface area (Å²) in [7, 11) is 0. The van der Waals surface area contributed by atoms with Crippen LogP contribution < -0.4 is 10.2 Å². The minimum absolute atomic E-state index is 0.288. The quantitative estimate of drug-likeness (QED) is 0.713. The third-order valence-electron chi connectivity index (χ3n) is 3.98. The van der Waals surface area contributed by atoms with Gasteiger partial charge in [-0.1, -0.05) is 29.8 Å². The third kappa shape index (κ3) is 2.55. The zero-order valence-electron chi connectivity index (χ0n) is 12.9. The number of carbonyl (C=O) groups is 2. The zero-order chi connectivity index (χ0) is 17.4. The van der Waals surface area contributed by atoms with Crippen molar-refractivity contribution < 1.29 is 9.59 Å². The zero-order valence-corrected chi connectivity index (χ0v) is 13.7. The fourth-order valence-electron chi connectivity index (χ4n) is 2.85. The number of nitrogens with zero attached hydrogens (tertiary/aromatic N) is 2. The summed E-state index contributed by atoms with van der Waals surface area (Å²) in [6, 6.07) is 15.3. The van der Waals surface area contributed by atoms with E-state index in [2.05, 4.69) is 10.3 Å². The minimum Gasteiger partial charge on any atom is -0.320 e. The van der Waals surface area contributed by atoms with Crippen molar-refractivity contribution in [3.8, 4) is 0 Å². The van der Waals surface area contributed by atoms with E-state index in [0.29, 0.717) is 33.2 Å². The number of para-hydroxylation sites is 2. The van der Waals surface area contributed by atoms with Gasteiger partial charge in [-0.2, -0.15) is 0 Å². The summed E-state index contributed by atoms with van der Waals surface area (Å²) in [6.07, 6.45) is 3.10. The Balaban J connectivity index is 2.00. The maximum atomic E-state index is 13.2. The number of rotatable bonds is 1. The number of aromatic nitrogens is 1. The summed E-state index contributed by atoms with van der Waals surface area (Å²) >= 11 is 6.40. The smallest absolute Gasteiger partial charge is 0.263 e. The van der Waals surface area contributed by atoms with Crippen LogP contribution in [0.5, 0.6) is 0 Å². The van der Waals surface area contributed by atoms with Crippen LogP contribution in [0.15, 0.2) is 67.0 Å². The Hall–Kier alpha value is -3.18. The van der Waals surface area contributed by atoms with Gasteiger partial charge in [0.1, 0.15) is 0 Å². The molecule has 0 saturated carbocycles. The molecule has 0 bridgehead atoms. The first kappa shape index (κ1) is 15.4. The van der Waals surface area contributed by atoms with Gasteiger partial charge in [0.25, 0.3) is 11.8 Å². The molecular formula is C19H12ClN3O2. The Morgan fingerprint density at radius 3 is 2.56 bits per heavy atom. The number of hydrogen-bond acceptors (Lipinski definition) is 3. The summed E-state index contributed by atoms with van der Waals surface area (Å²) in [5, 5.41) is 3.20. The molecule has 0 radical (unpaired) electrons. The number of carbonyl (C=O) groups excluding carboxylic acids is 2.